The quantitative estimate of drug-likeness (QED) is 0.891. The molecule has 1 amide bonds. The van der Waals surface area contributed by atoms with Crippen LogP contribution < -0.4 is 10.6 Å². The molecule has 5 nitrogen and oxygen atoms in total. The lowest BCUT2D eigenvalue weighted by atomic mass is 10.2. The van der Waals surface area contributed by atoms with Crippen molar-refractivity contribution in [1.82, 2.24) is 15.6 Å². The lowest BCUT2D eigenvalue weighted by Gasteiger charge is -2.20. The van der Waals surface area contributed by atoms with Gasteiger partial charge in [-0.2, -0.15) is 0 Å². The van der Waals surface area contributed by atoms with Gasteiger partial charge in [-0.3, -0.25) is 4.98 Å². The molecule has 1 fully saturated rings. The molecule has 0 radical (unpaired) electrons. The molecule has 2 rings (SSSR count). The van der Waals surface area contributed by atoms with Crippen LogP contribution in [-0.4, -0.2) is 28.8 Å². The molecule has 1 aromatic heterocycles. The summed E-state index contributed by atoms with van der Waals surface area (Å²) in [5, 5.41) is 6.35. The van der Waals surface area contributed by atoms with Crippen molar-refractivity contribution in [3.63, 3.8) is 0 Å². The Morgan fingerprint density at radius 1 is 1.53 bits per heavy atom. The molecule has 1 saturated carbocycles. The Hall–Kier alpha value is -1.14. The van der Waals surface area contributed by atoms with Crippen molar-refractivity contribution >= 4 is 17.4 Å². The summed E-state index contributed by atoms with van der Waals surface area (Å²) < 4.78 is 5.23. The van der Waals surface area contributed by atoms with E-state index in [-0.39, 0.29) is 18.2 Å². The van der Waals surface area contributed by atoms with E-state index in [2.05, 4.69) is 22.5 Å². The Labute approximate surface area is 117 Å². The van der Waals surface area contributed by atoms with Gasteiger partial charge < -0.3 is 15.4 Å². The standard InChI is InChI=1S/C13H21N3O2S/c1-8(11-6-14-7-19-11)15-9-5-10(9)16-12(17)18-13(2,3)4/h6-10,15H,5H2,1-4H3,(H,16,17). The van der Waals surface area contributed by atoms with Crippen LogP contribution in [0, 0.1) is 0 Å². The van der Waals surface area contributed by atoms with Crippen LogP contribution in [0.3, 0.4) is 0 Å². The predicted octanol–water partition coefficient (Wildman–Crippen LogP) is 2.46. The fraction of sp³-hybridized carbons (Fsp3) is 0.692. The number of nitrogens with zero attached hydrogens (tertiary/aromatic N) is 1. The number of hydrogen-bond acceptors (Lipinski definition) is 5. The summed E-state index contributed by atoms with van der Waals surface area (Å²) in [5.74, 6) is 0. The highest BCUT2D eigenvalue weighted by Crippen LogP contribution is 2.26. The van der Waals surface area contributed by atoms with Gasteiger partial charge >= 0.3 is 6.09 Å². The van der Waals surface area contributed by atoms with Gasteiger partial charge in [-0.25, -0.2) is 4.79 Å². The maximum atomic E-state index is 11.6. The van der Waals surface area contributed by atoms with E-state index in [4.69, 9.17) is 4.74 Å². The van der Waals surface area contributed by atoms with E-state index in [1.165, 1.54) is 4.88 Å². The number of hydrogen-bond donors (Lipinski definition) is 2. The number of ether oxygens (including phenoxy) is 1. The molecule has 0 saturated heterocycles. The number of thiazole rings is 1. The second-order valence-corrected chi connectivity index (χ2v) is 6.80. The van der Waals surface area contributed by atoms with Crippen LogP contribution in [0.15, 0.2) is 11.7 Å². The minimum absolute atomic E-state index is 0.172. The van der Waals surface area contributed by atoms with E-state index in [1.807, 2.05) is 32.5 Å². The smallest absolute Gasteiger partial charge is 0.407 e. The van der Waals surface area contributed by atoms with Crippen molar-refractivity contribution < 1.29 is 9.53 Å². The Balaban J connectivity index is 1.72. The Morgan fingerprint density at radius 3 is 2.84 bits per heavy atom. The second-order valence-electron chi connectivity index (χ2n) is 5.89. The zero-order valence-corrected chi connectivity index (χ0v) is 12.6. The third-order valence-electron chi connectivity index (χ3n) is 2.83. The van der Waals surface area contributed by atoms with Crippen LogP contribution in [-0.2, 0) is 4.74 Å². The van der Waals surface area contributed by atoms with Crippen molar-refractivity contribution in [2.75, 3.05) is 0 Å². The average molecular weight is 283 g/mol. The van der Waals surface area contributed by atoms with E-state index in [0.29, 0.717) is 6.04 Å². The highest BCUT2D eigenvalue weighted by atomic mass is 32.1. The summed E-state index contributed by atoms with van der Waals surface area (Å²) in [4.78, 5) is 16.9. The third kappa shape index (κ3) is 4.47. The lowest BCUT2D eigenvalue weighted by molar-refractivity contribution is 0.0522. The van der Waals surface area contributed by atoms with Gasteiger partial charge in [-0.1, -0.05) is 0 Å². The molecule has 0 aromatic carbocycles. The first-order valence-electron chi connectivity index (χ1n) is 6.49. The fourth-order valence-electron chi connectivity index (χ4n) is 1.84. The summed E-state index contributed by atoms with van der Waals surface area (Å²) >= 11 is 1.64. The molecular formula is C13H21N3O2S. The fourth-order valence-corrected chi connectivity index (χ4v) is 2.48. The Kier molecular flexibility index (Phi) is 4.10. The molecule has 3 atom stereocenters. The van der Waals surface area contributed by atoms with Gasteiger partial charge in [0, 0.05) is 29.2 Å². The zero-order chi connectivity index (χ0) is 14.0. The summed E-state index contributed by atoms with van der Waals surface area (Å²) in [7, 11) is 0. The van der Waals surface area contributed by atoms with Gasteiger partial charge in [0.2, 0.25) is 0 Å². The first kappa shape index (κ1) is 14.3. The molecule has 1 aromatic rings. The van der Waals surface area contributed by atoms with Gasteiger partial charge in [0.15, 0.2) is 0 Å². The molecule has 19 heavy (non-hydrogen) atoms. The van der Waals surface area contributed by atoms with Crippen molar-refractivity contribution in [2.24, 2.45) is 0 Å². The molecular weight excluding hydrogens is 262 g/mol. The minimum atomic E-state index is -0.447. The van der Waals surface area contributed by atoms with Crippen molar-refractivity contribution in [3.05, 3.63) is 16.6 Å². The summed E-state index contributed by atoms with van der Waals surface area (Å²) in [5.41, 5.74) is 1.38. The summed E-state index contributed by atoms with van der Waals surface area (Å²) in [6, 6.07) is 0.762. The molecule has 106 valence electrons. The highest BCUT2D eigenvalue weighted by molar-refractivity contribution is 7.09. The lowest BCUT2D eigenvalue weighted by Crippen LogP contribution is -2.37. The van der Waals surface area contributed by atoms with Crippen LogP contribution in [0.25, 0.3) is 0 Å². The number of aromatic nitrogens is 1. The molecule has 0 spiro atoms. The van der Waals surface area contributed by atoms with Crippen molar-refractivity contribution in [2.45, 2.75) is 57.8 Å². The monoisotopic (exact) mass is 283 g/mol. The van der Waals surface area contributed by atoms with Gasteiger partial charge in [0.1, 0.15) is 5.60 Å². The molecule has 1 aliphatic carbocycles. The van der Waals surface area contributed by atoms with E-state index in [9.17, 15) is 4.79 Å². The maximum absolute atomic E-state index is 11.6. The highest BCUT2D eigenvalue weighted by Gasteiger charge is 2.40. The minimum Gasteiger partial charge on any atom is -0.444 e. The van der Waals surface area contributed by atoms with Crippen LogP contribution in [0.5, 0.6) is 0 Å². The maximum Gasteiger partial charge on any atom is 0.407 e. The van der Waals surface area contributed by atoms with Gasteiger partial charge in [-0.15, -0.1) is 11.3 Å². The average Bonchev–Trinajstić information content (AvgIpc) is 2.80. The number of carbonyl (C=O) groups is 1. The van der Waals surface area contributed by atoms with Crippen LogP contribution in [0.4, 0.5) is 4.79 Å². The largest absolute Gasteiger partial charge is 0.444 e. The number of amides is 1. The van der Waals surface area contributed by atoms with Crippen molar-refractivity contribution in [3.8, 4) is 0 Å². The van der Waals surface area contributed by atoms with Crippen LogP contribution in [0.1, 0.15) is 45.0 Å². The van der Waals surface area contributed by atoms with E-state index < -0.39 is 5.60 Å². The normalized spacial score (nSPS) is 23.8. The van der Waals surface area contributed by atoms with Crippen molar-refractivity contribution in [1.29, 1.82) is 0 Å². The zero-order valence-electron chi connectivity index (χ0n) is 11.8. The molecule has 6 heteroatoms. The second kappa shape index (κ2) is 5.46. The number of alkyl carbamates (subject to hydrolysis) is 1. The number of rotatable bonds is 4. The Morgan fingerprint density at radius 2 is 2.26 bits per heavy atom. The van der Waals surface area contributed by atoms with Gasteiger partial charge in [0.05, 0.1) is 5.51 Å². The molecule has 0 bridgehead atoms. The third-order valence-corrected chi connectivity index (χ3v) is 3.79. The SMILES string of the molecule is CC(NC1CC1NC(=O)OC(C)(C)C)c1cncs1. The topological polar surface area (TPSA) is 63.2 Å². The molecule has 3 unspecified atom stereocenters. The molecule has 1 heterocycles. The van der Waals surface area contributed by atoms with Crippen LogP contribution in [0.2, 0.25) is 0 Å². The Bertz CT molecular complexity index is 428. The number of carbonyl (C=O) groups excluding carboxylic acids is 1. The molecule has 1 aliphatic rings. The summed E-state index contributed by atoms with van der Waals surface area (Å²) in [6.07, 6.45) is 2.48. The first-order chi connectivity index (χ1) is 8.85. The predicted molar refractivity (Wildman–Crippen MR) is 75.2 cm³/mol. The summed E-state index contributed by atoms with van der Waals surface area (Å²) in [6.45, 7) is 7.69. The van der Waals surface area contributed by atoms with E-state index in [0.717, 1.165) is 6.42 Å². The van der Waals surface area contributed by atoms with Gasteiger partial charge in [-0.05, 0) is 34.1 Å². The number of nitrogens with one attached hydrogen (secondary N) is 2. The van der Waals surface area contributed by atoms with Crippen LogP contribution >= 0.6 is 11.3 Å². The van der Waals surface area contributed by atoms with E-state index in [1.54, 1.807) is 11.3 Å². The molecule has 2 N–H and O–H groups in total. The van der Waals surface area contributed by atoms with E-state index >= 15 is 0 Å². The first-order valence-corrected chi connectivity index (χ1v) is 7.37. The van der Waals surface area contributed by atoms with Gasteiger partial charge in [0.25, 0.3) is 0 Å². The molecule has 0 aliphatic heterocycles.